The molecule has 6 heteroatoms. The second kappa shape index (κ2) is 6.91. The van der Waals surface area contributed by atoms with Crippen LogP contribution in [-0.2, 0) is 6.54 Å². The third-order valence-electron chi connectivity index (χ3n) is 3.85. The van der Waals surface area contributed by atoms with Crippen molar-refractivity contribution >= 4 is 16.7 Å². The minimum absolute atomic E-state index is 0.133. The maximum absolute atomic E-state index is 12.7. The fourth-order valence-corrected chi connectivity index (χ4v) is 2.35. The van der Waals surface area contributed by atoms with Crippen molar-refractivity contribution in [2.75, 3.05) is 13.7 Å². The van der Waals surface area contributed by atoms with Crippen molar-refractivity contribution in [3.05, 3.63) is 40.3 Å². The molecule has 0 spiro atoms. The van der Waals surface area contributed by atoms with Gasteiger partial charge in [0.1, 0.15) is 0 Å². The first-order chi connectivity index (χ1) is 10.9. The lowest BCUT2D eigenvalue weighted by atomic mass is 10.1. The lowest BCUT2D eigenvalue weighted by molar-refractivity contribution is 0.0675. The molecule has 6 nitrogen and oxygen atoms in total. The molecule has 2 aromatic rings. The lowest BCUT2D eigenvalue weighted by Gasteiger charge is -2.23. The SMILES string of the molecule is CC(C)Cn1nc(C(=O)N(C)C(C)CO)c2ccccc2c1=O. The molecule has 0 saturated heterocycles. The molecule has 1 unspecified atom stereocenters. The molecule has 0 aliphatic rings. The quantitative estimate of drug-likeness (QED) is 0.907. The Labute approximate surface area is 135 Å². The molecule has 124 valence electrons. The van der Waals surface area contributed by atoms with Gasteiger partial charge in [0.2, 0.25) is 0 Å². The van der Waals surface area contributed by atoms with E-state index >= 15 is 0 Å². The second-order valence-corrected chi connectivity index (χ2v) is 6.22. The summed E-state index contributed by atoms with van der Waals surface area (Å²) in [5, 5.41) is 14.6. The molecule has 0 fully saturated rings. The summed E-state index contributed by atoms with van der Waals surface area (Å²) < 4.78 is 1.36. The van der Waals surface area contributed by atoms with E-state index < -0.39 is 0 Å². The van der Waals surface area contributed by atoms with Gasteiger partial charge in [-0.2, -0.15) is 5.10 Å². The molecule has 1 N–H and O–H groups in total. The summed E-state index contributed by atoms with van der Waals surface area (Å²) in [5.74, 6) is -0.0707. The number of benzene rings is 1. The highest BCUT2D eigenvalue weighted by Gasteiger charge is 2.22. The van der Waals surface area contributed by atoms with E-state index in [0.29, 0.717) is 17.3 Å². The summed E-state index contributed by atoms with van der Waals surface area (Å²) in [7, 11) is 1.62. The van der Waals surface area contributed by atoms with Crippen molar-refractivity contribution in [1.29, 1.82) is 0 Å². The van der Waals surface area contributed by atoms with Crippen LogP contribution in [0.4, 0.5) is 0 Å². The van der Waals surface area contributed by atoms with Crippen molar-refractivity contribution < 1.29 is 9.90 Å². The summed E-state index contributed by atoms with van der Waals surface area (Å²) in [5.41, 5.74) is 0.0485. The van der Waals surface area contributed by atoms with E-state index in [1.165, 1.54) is 9.58 Å². The number of rotatable bonds is 5. The molecule has 23 heavy (non-hydrogen) atoms. The Balaban J connectivity index is 2.64. The Morgan fingerprint density at radius 1 is 1.26 bits per heavy atom. The van der Waals surface area contributed by atoms with Crippen LogP contribution in [-0.4, -0.2) is 45.4 Å². The molecule has 0 bridgehead atoms. The predicted octanol–water partition coefficient (Wildman–Crippen LogP) is 1.51. The minimum atomic E-state index is -0.325. The highest BCUT2D eigenvalue weighted by Crippen LogP contribution is 2.16. The highest BCUT2D eigenvalue weighted by atomic mass is 16.3. The fourth-order valence-electron chi connectivity index (χ4n) is 2.35. The molecule has 1 atom stereocenters. The van der Waals surface area contributed by atoms with Crippen molar-refractivity contribution in [2.45, 2.75) is 33.4 Å². The zero-order chi connectivity index (χ0) is 17.1. The van der Waals surface area contributed by atoms with E-state index in [4.69, 9.17) is 0 Å². The first kappa shape index (κ1) is 17.1. The Morgan fingerprint density at radius 2 is 1.87 bits per heavy atom. The topological polar surface area (TPSA) is 75.4 Å². The van der Waals surface area contributed by atoms with E-state index in [2.05, 4.69) is 5.10 Å². The Bertz CT molecular complexity index is 767. The number of likely N-dealkylation sites (N-methyl/N-ethyl adjacent to an activating group) is 1. The third-order valence-corrected chi connectivity index (χ3v) is 3.85. The predicted molar refractivity (Wildman–Crippen MR) is 89.5 cm³/mol. The van der Waals surface area contributed by atoms with Crippen LogP contribution >= 0.6 is 0 Å². The van der Waals surface area contributed by atoms with Gasteiger partial charge in [-0.15, -0.1) is 0 Å². The van der Waals surface area contributed by atoms with E-state index in [-0.39, 0.29) is 35.7 Å². The summed E-state index contributed by atoms with van der Waals surface area (Å²) >= 11 is 0. The maximum Gasteiger partial charge on any atom is 0.275 e. The van der Waals surface area contributed by atoms with E-state index in [1.54, 1.807) is 38.2 Å². The number of amides is 1. The summed E-state index contributed by atoms with van der Waals surface area (Å²) in [6.07, 6.45) is 0. The number of aliphatic hydroxyl groups is 1. The van der Waals surface area contributed by atoms with Crippen LogP contribution in [0, 0.1) is 5.92 Å². The summed E-state index contributed by atoms with van der Waals surface area (Å²) in [4.78, 5) is 26.7. The zero-order valence-corrected chi connectivity index (χ0v) is 14.0. The van der Waals surface area contributed by atoms with Crippen LogP contribution in [0.5, 0.6) is 0 Å². The van der Waals surface area contributed by atoms with Gasteiger partial charge in [-0.05, 0) is 18.9 Å². The average Bonchev–Trinajstić information content (AvgIpc) is 2.55. The van der Waals surface area contributed by atoms with Gasteiger partial charge in [-0.3, -0.25) is 9.59 Å². The number of aromatic nitrogens is 2. The van der Waals surface area contributed by atoms with Crippen molar-refractivity contribution in [1.82, 2.24) is 14.7 Å². The van der Waals surface area contributed by atoms with E-state index in [9.17, 15) is 14.7 Å². The number of carbonyl (C=O) groups is 1. The molecule has 1 amide bonds. The van der Waals surface area contributed by atoms with Gasteiger partial charge in [0.05, 0.1) is 18.0 Å². The Hall–Kier alpha value is -2.21. The fraction of sp³-hybridized carbons (Fsp3) is 0.471. The maximum atomic E-state index is 12.7. The minimum Gasteiger partial charge on any atom is -0.394 e. The molecular weight excluding hydrogens is 294 g/mol. The van der Waals surface area contributed by atoms with Gasteiger partial charge < -0.3 is 10.0 Å². The van der Waals surface area contributed by atoms with E-state index in [0.717, 1.165) is 0 Å². The molecule has 1 aromatic carbocycles. The summed E-state index contributed by atoms with van der Waals surface area (Å²) in [6.45, 7) is 6.05. The zero-order valence-electron chi connectivity index (χ0n) is 14.0. The lowest BCUT2D eigenvalue weighted by Crippen LogP contribution is -2.39. The van der Waals surface area contributed by atoms with Gasteiger partial charge in [0.15, 0.2) is 5.69 Å². The molecule has 2 rings (SSSR count). The number of nitrogens with zero attached hydrogens (tertiary/aromatic N) is 3. The van der Waals surface area contributed by atoms with Crippen LogP contribution in [0.15, 0.2) is 29.1 Å². The van der Waals surface area contributed by atoms with Crippen LogP contribution in [0.3, 0.4) is 0 Å². The number of hydrogen-bond donors (Lipinski definition) is 1. The Morgan fingerprint density at radius 3 is 2.43 bits per heavy atom. The highest BCUT2D eigenvalue weighted by molar-refractivity contribution is 6.04. The van der Waals surface area contributed by atoms with Crippen LogP contribution in [0.1, 0.15) is 31.3 Å². The molecule has 1 heterocycles. The van der Waals surface area contributed by atoms with E-state index in [1.807, 2.05) is 13.8 Å². The van der Waals surface area contributed by atoms with Crippen molar-refractivity contribution in [3.63, 3.8) is 0 Å². The molecule has 0 aliphatic heterocycles. The standard InChI is InChI=1S/C17H23N3O3/c1-11(2)9-20-16(22)14-8-6-5-7-13(14)15(18-20)17(23)19(4)12(3)10-21/h5-8,11-12,21H,9-10H2,1-4H3. The number of carbonyl (C=O) groups excluding carboxylic acids is 1. The number of aliphatic hydroxyl groups excluding tert-OH is 1. The Kier molecular flexibility index (Phi) is 5.15. The van der Waals surface area contributed by atoms with Crippen LogP contribution in [0.25, 0.3) is 10.8 Å². The number of hydrogen-bond acceptors (Lipinski definition) is 4. The van der Waals surface area contributed by atoms with Gasteiger partial charge in [-0.1, -0.05) is 32.0 Å². The number of fused-ring (bicyclic) bond motifs is 1. The molecule has 1 aromatic heterocycles. The molecule has 0 radical (unpaired) electrons. The second-order valence-electron chi connectivity index (χ2n) is 6.22. The monoisotopic (exact) mass is 317 g/mol. The first-order valence-electron chi connectivity index (χ1n) is 7.74. The summed E-state index contributed by atoms with van der Waals surface area (Å²) in [6, 6.07) is 6.67. The largest absolute Gasteiger partial charge is 0.394 e. The van der Waals surface area contributed by atoms with Crippen LogP contribution < -0.4 is 5.56 Å². The van der Waals surface area contributed by atoms with Gasteiger partial charge >= 0.3 is 0 Å². The van der Waals surface area contributed by atoms with Gasteiger partial charge in [0, 0.05) is 19.0 Å². The van der Waals surface area contributed by atoms with Crippen molar-refractivity contribution in [3.8, 4) is 0 Å². The first-order valence-corrected chi connectivity index (χ1v) is 7.74. The normalized spacial score (nSPS) is 12.6. The van der Waals surface area contributed by atoms with Gasteiger partial charge in [0.25, 0.3) is 11.5 Å². The molecule has 0 aliphatic carbocycles. The molecular formula is C17H23N3O3. The molecule has 0 saturated carbocycles. The van der Waals surface area contributed by atoms with Crippen molar-refractivity contribution in [2.24, 2.45) is 5.92 Å². The smallest absolute Gasteiger partial charge is 0.275 e. The third kappa shape index (κ3) is 3.42. The van der Waals surface area contributed by atoms with Gasteiger partial charge in [-0.25, -0.2) is 4.68 Å². The average molecular weight is 317 g/mol. The van der Waals surface area contributed by atoms with Crippen LogP contribution in [0.2, 0.25) is 0 Å².